The lowest BCUT2D eigenvalue weighted by atomic mass is 10.2. The maximum atomic E-state index is 6.98. The summed E-state index contributed by atoms with van der Waals surface area (Å²) in [5.74, 6) is 1.69. The van der Waals surface area contributed by atoms with Crippen molar-refractivity contribution in [3.05, 3.63) is 64.8 Å². The molecule has 0 radical (unpaired) electrons. The number of aromatic nitrogens is 3. The van der Waals surface area contributed by atoms with Crippen molar-refractivity contribution in [1.82, 2.24) is 15.2 Å². The Kier molecular flexibility index (Phi) is 3.88. The van der Waals surface area contributed by atoms with Crippen LogP contribution >= 0.6 is 11.3 Å². The lowest BCUT2D eigenvalue weighted by Crippen LogP contribution is -1.88. The van der Waals surface area contributed by atoms with E-state index in [1.807, 2.05) is 18.2 Å². The van der Waals surface area contributed by atoms with Gasteiger partial charge < -0.3 is 9.15 Å². The summed E-state index contributed by atoms with van der Waals surface area (Å²) >= 11 is 1.58. The number of hydrogen-bond donors (Lipinski definition) is 0. The van der Waals surface area contributed by atoms with Gasteiger partial charge in [-0.25, -0.2) is 9.83 Å². The zero-order chi connectivity index (χ0) is 17.2. The Labute approximate surface area is 147 Å². The van der Waals surface area contributed by atoms with Crippen LogP contribution in [0.2, 0.25) is 0 Å². The molecule has 0 amide bonds. The number of ether oxygens (including phenoxy) is 1. The van der Waals surface area contributed by atoms with Crippen LogP contribution in [0.25, 0.3) is 26.5 Å². The number of hydrogen-bond acceptors (Lipinski definition) is 6. The van der Waals surface area contributed by atoms with Gasteiger partial charge in [0.2, 0.25) is 11.8 Å². The summed E-state index contributed by atoms with van der Waals surface area (Å²) < 4.78 is 12.1. The molecular formula is C18H12N4O2S. The van der Waals surface area contributed by atoms with E-state index in [9.17, 15) is 0 Å². The quantitative estimate of drug-likeness (QED) is 0.508. The molecule has 6 nitrogen and oxygen atoms in total. The number of benzene rings is 2. The van der Waals surface area contributed by atoms with Crippen LogP contribution < -0.4 is 4.74 Å². The fourth-order valence-corrected chi connectivity index (χ4v) is 3.44. The van der Waals surface area contributed by atoms with Crippen LogP contribution in [0.5, 0.6) is 5.75 Å². The Morgan fingerprint density at radius 2 is 2.00 bits per heavy atom. The van der Waals surface area contributed by atoms with Gasteiger partial charge >= 0.3 is 0 Å². The highest BCUT2D eigenvalue weighted by molar-refractivity contribution is 7.18. The Bertz CT molecular complexity index is 1080. The normalized spacial score (nSPS) is 10.7. The van der Waals surface area contributed by atoms with Gasteiger partial charge in [-0.1, -0.05) is 30.3 Å². The number of fused-ring (bicyclic) bond motifs is 1. The van der Waals surface area contributed by atoms with E-state index in [4.69, 9.17) is 15.7 Å². The molecule has 0 fully saturated rings. The van der Waals surface area contributed by atoms with E-state index in [0.717, 1.165) is 26.5 Å². The molecule has 4 rings (SSSR count). The Morgan fingerprint density at radius 3 is 2.76 bits per heavy atom. The summed E-state index contributed by atoms with van der Waals surface area (Å²) in [6.45, 7) is 6.98. The van der Waals surface area contributed by atoms with Crippen LogP contribution in [0.3, 0.4) is 0 Å². The Hall–Kier alpha value is -3.24. The molecular weight excluding hydrogens is 336 g/mol. The fourth-order valence-electron chi connectivity index (χ4n) is 2.46. The second-order valence-electron chi connectivity index (χ2n) is 5.25. The van der Waals surface area contributed by atoms with Gasteiger partial charge in [-0.05, 0) is 12.1 Å². The first-order valence-corrected chi connectivity index (χ1v) is 8.31. The van der Waals surface area contributed by atoms with Crippen LogP contribution in [0.1, 0.15) is 10.9 Å². The van der Waals surface area contributed by atoms with E-state index in [1.54, 1.807) is 42.7 Å². The third kappa shape index (κ3) is 2.95. The second kappa shape index (κ2) is 6.34. The average Bonchev–Trinajstić information content (AvgIpc) is 3.28. The standard InChI is InChI=1S/C18H12N4O2S/c1-19-12-8-6-11(7-9-12)18-22-21-15(24-18)10-16-20-17-13(23-2)4-3-5-14(17)25-16/h3-9H,10H2,2H3. The van der Waals surface area contributed by atoms with Crippen molar-refractivity contribution in [3.8, 4) is 17.2 Å². The second-order valence-corrected chi connectivity index (χ2v) is 6.37. The van der Waals surface area contributed by atoms with Gasteiger partial charge in [-0.3, -0.25) is 0 Å². The SMILES string of the molecule is [C-]#[N+]c1ccc(-c2nnc(Cc3nc4c(OC)cccc4s3)o2)cc1. The molecule has 4 aromatic rings. The van der Waals surface area contributed by atoms with Gasteiger partial charge in [0.25, 0.3) is 0 Å². The summed E-state index contributed by atoms with van der Waals surface area (Å²) in [4.78, 5) is 7.98. The minimum absolute atomic E-state index is 0.435. The molecule has 0 spiro atoms. The van der Waals surface area contributed by atoms with E-state index >= 15 is 0 Å². The van der Waals surface area contributed by atoms with Crippen LogP contribution in [-0.2, 0) is 6.42 Å². The maximum absolute atomic E-state index is 6.98. The smallest absolute Gasteiger partial charge is 0.247 e. The van der Waals surface area contributed by atoms with Gasteiger partial charge in [0.05, 0.1) is 24.8 Å². The monoisotopic (exact) mass is 348 g/mol. The van der Waals surface area contributed by atoms with E-state index in [0.29, 0.717) is 23.9 Å². The molecule has 0 atom stereocenters. The molecule has 0 aliphatic heterocycles. The molecule has 2 aromatic carbocycles. The molecule has 2 aromatic heterocycles. The van der Waals surface area contributed by atoms with Crippen molar-refractivity contribution in [2.24, 2.45) is 0 Å². The zero-order valence-corrected chi connectivity index (χ0v) is 14.1. The highest BCUT2D eigenvalue weighted by Crippen LogP contribution is 2.30. The van der Waals surface area contributed by atoms with E-state index < -0.39 is 0 Å². The first-order valence-electron chi connectivity index (χ1n) is 7.49. The number of rotatable bonds is 4. The lowest BCUT2D eigenvalue weighted by Gasteiger charge is -1.98. The first-order chi connectivity index (χ1) is 12.3. The third-order valence-corrected chi connectivity index (χ3v) is 4.68. The molecule has 7 heteroatoms. The minimum Gasteiger partial charge on any atom is -0.494 e. The molecule has 0 aliphatic rings. The van der Waals surface area contributed by atoms with Crippen molar-refractivity contribution in [2.75, 3.05) is 7.11 Å². The van der Waals surface area contributed by atoms with Crippen LogP contribution in [0, 0.1) is 6.57 Å². The van der Waals surface area contributed by atoms with Gasteiger partial charge in [0, 0.05) is 5.56 Å². The molecule has 0 bridgehead atoms. The summed E-state index contributed by atoms with van der Waals surface area (Å²) in [6, 6.07) is 12.9. The molecule has 122 valence electrons. The molecule has 0 saturated carbocycles. The number of thiazole rings is 1. The van der Waals surface area contributed by atoms with Gasteiger partial charge in [0.1, 0.15) is 16.3 Å². The maximum Gasteiger partial charge on any atom is 0.247 e. The molecule has 0 N–H and O–H groups in total. The van der Waals surface area contributed by atoms with Gasteiger partial charge in [-0.15, -0.1) is 21.5 Å². The summed E-state index contributed by atoms with van der Waals surface area (Å²) in [5.41, 5.74) is 2.21. The predicted molar refractivity (Wildman–Crippen MR) is 95.0 cm³/mol. The molecule has 2 heterocycles. The lowest BCUT2D eigenvalue weighted by molar-refractivity contribution is 0.419. The van der Waals surface area contributed by atoms with E-state index in [2.05, 4.69) is 20.0 Å². The highest BCUT2D eigenvalue weighted by Gasteiger charge is 2.13. The number of methoxy groups -OCH3 is 1. The summed E-state index contributed by atoms with van der Waals surface area (Å²) in [5, 5.41) is 9.07. The van der Waals surface area contributed by atoms with Crippen molar-refractivity contribution < 1.29 is 9.15 Å². The van der Waals surface area contributed by atoms with Crippen molar-refractivity contribution >= 4 is 27.2 Å². The fraction of sp³-hybridized carbons (Fsp3) is 0.111. The Morgan fingerprint density at radius 1 is 1.16 bits per heavy atom. The van der Waals surface area contributed by atoms with Gasteiger partial charge in [0.15, 0.2) is 5.69 Å². The van der Waals surface area contributed by atoms with Crippen LogP contribution in [0.15, 0.2) is 46.9 Å². The van der Waals surface area contributed by atoms with Gasteiger partial charge in [-0.2, -0.15) is 0 Å². The van der Waals surface area contributed by atoms with Crippen molar-refractivity contribution in [2.45, 2.75) is 6.42 Å². The first kappa shape index (κ1) is 15.3. The van der Waals surface area contributed by atoms with Crippen LogP contribution in [-0.4, -0.2) is 22.3 Å². The molecule has 25 heavy (non-hydrogen) atoms. The van der Waals surface area contributed by atoms with E-state index in [1.165, 1.54) is 0 Å². The summed E-state index contributed by atoms with van der Waals surface area (Å²) in [7, 11) is 1.64. The average molecular weight is 348 g/mol. The number of para-hydroxylation sites is 1. The molecule has 0 unspecified atom stereocenters. The minimum atomic E-state index is 0.435. The summed E-state index contributed by atoms with van der Waals surface area (Å²) in [6.07, 6.45) is 0.468. The van der Waals surface area contributed by atoms with Crippen molar-refractivity contribution in [1.29, 1.82) is 0 Å². The van der Waals surface area contributed by atoms with Crippen LogP contribution in [0.4, 0.5) is 5.69 Å². The topological polar surface area (TPSA) is 65.4 Å². The third-order valence-electron chi connectivity index (χ3n) is 3.66. The Balaban J connectivity index is 1.59. The predicted octanol–water partition coefficient (Wildman–Crippen LogP) is 4.50. The largest absolute Gasteiger partial charge is 0.494 e. The highest BCUT2D eigenvalue weighted by atomic mass is 32.1. The van der Waals surface area contributed by atoms with Crippen molar-refractivity contribution in [3.63, 3.8) is 0 Å². The number of nitrogens with zero attached hydrogens (tertiary/aromatic N) is 4. The molecule has 0 aliphatic carbocycles. The molecule has 0 saturated heterocycles. The van der Waals surface area contributed by atoms with E-state index in [-0.39, 0.29) is 0 Å². The zero-order valence-electron chi connectivity index (χ0n) is 13.3.